The van der Waals surface area contributed by atoms with Crippen LogP contribution < -0.4 is 19.9 Å². The lowest BCUT2D eigenvalue weighted by Gasteiger charge is -2.14. The van der Waals surface area contributed by atoms with Gasteiger partial charge in [0.15, 0.2) is 11.5 Å². The van der Waals surface area contributed by atoms with E-state index in [2.05, 4.69) is 0 Å². The van der Waals surface area contributed by atoms with Crippen molar-refractivity contribution in [3.8, 4) is 17.2 Å². The van der Waals surface area contributed by atoms with Gasteiger partial charge >= 0.3 is 0 Å². The standard InChI is InChI=1S/C12H19NO3/c1-8(13)5-9-6-10(14-2)12(16-4)11(7-9)15-3/h6-8H,5,13H2,1-4H3/i6+1. The summed E-state index contributed by atoms with van der Waals surface area (Å²) in [6.45, 7) is 1.96. The van der Waals surface area contributed by atoms with Crippen LogP contribution in [-0.4, -0.2) is 27.4 Å². The van der Waals surface area contributed by atoms with E-state index in [4.69, 9.17) is 19.9 Å². The van der Waals surface area contributed by atoms with Crippen molar-refractivity contribution in [3.05, 3.63) is 17.7 Å². The Morgan fingerprint density at radius 1 is 1.06 bits per heavy atom. The van der Waals surface area contributed by atoms with Crippen molar-refractivity contribution in [2.24, 2.45) is 5.73 Å². The highest BCUT2D eigenvalue weighted by molar-refractivity contribution is 5.53. The van der Waals surface area contributed by atoms with E-state index < -0.39 is 0 Å². The molecule has 90 valence electrons. The first-order valence-corrected chi connectivity index (χ1v) is 5.16. The predicted octanol–water partition coefficient (Wildman–Crippen LogP) is 1.60. The number of hydrogen-bond acceptors (Lipinski definition) is 4. The first kappa shape index (κ1) is 12.6. The Balaban J connectivity index is 3.15. The summed E-state index contributed by atoms with van der Waals surface area (Å²) >= 11 is 0. The summed E-state index contributed by atoms with van der Waals surface area (Å²) in [5.74, 6) is 1.94. The molecule has 0 radical (unpaired) electrons. The van der Waals surface area contributed by atoms with E-state index in [9.17, 15) is 0 Å². The zero-order chi connectivity index (χ0) is 12.1. The van der Waals surface area contributed by atoms with Gasteiger partial charge in [-0.25, -0.2) is 0 Å². The molecule has 0 fully saturated rings. The van der Waals surface area contributed by atoms with Gasteiger partial charge in [0.25, 0.3) is 0 Å². The van der Waals surface area contributed by atoms with Crippen molar-refractivity contribution in [2.75, 3.05) is 21.3 Å². The molecular formula is C12H19NO3. The molecule has 0 spiro atoms. The van der Waals surface area contributed by atoms with Crippen LogP contribution in [0.1, 0.15) is 12.5 Å². The Morgan fingerprint density at radius 3 is 1.88 bits per heavy atom. The highest BCUT2D eigenvalue weighted by atomic mass is 16.5. The van der Waals surface area contributed by atoms with Gasteiger partial charge in [-0.2, -0.15) is 0 Å². The Bertz CT molecular complexity index is 325. The first-order chi connectivity index (χ1) is 7.62. The van der Waals surface area contributed by atoms with Gasteiger partial charge in [0.2, 0.25) is 5.75 Å². The number of nitrogens with two attached hydrogens (primary N) is 1. The Hall–Kier alpha value is -1.42. The van der Waals surface area contributed by atoms with Crippen LogP contribution in [0.4, 0.5) is 0 Å². The molecule has 0 saturated carbocycles. The fourth-order valence-corrected chi connectivity index (χ4v) is 1.63. The zero-order valence-corrected chi connectivity index (χ0v) is 10.2. The van der Waals surface area contributed by atoms with Gasteiger partial charge < -0.3 is 19.9 Å². The molecule has 0 aliphatic rings. The second kappa shape index (κ2) is 5.61. The number of benzene rings is 1. The number of hydrogen-bond donors (Lipinski definition) is 1. The van der Waals surface area contributed by atoms with Gasteiger partial charge in [-0.05, 0) is 31.0 Å². The molecular weight excluding hydrogens is 207 g/mol. The third-order valence-corrected chi connectivity index (χ3v) is 2.28. The lowest BCUT2D eigenvalue weighted by Crippen LogP contribution is -2.17. The molecule has 4 nitrogen and oxygen atoms in total. The topological polar surface area (TPSA) is 53.7 Å². The van der Waals surface area contributed by atoms with Crippen LogP contribution in [0, 0.1) is 0 Å². The lowest BCUT2D eigenvalue weighted by molar-refractivity contribution is 0.323. The molecule has 1 aromatic carbocycles. The van der Waals surface area contributed by atoms with Gasteiger partial charge in [0.05, 0.1) is 21.3 Å². The fraction of sp³-hybridized carbons (Fsp3) is 0.500. The second-order valence-corrected chi connectivity index (χ2v) is 3.71. The average molecular weight is 226 g/mol. The van der Waals surface area contributed by atoms with Gasteiger partial charge in [-0.3, -0.25) is 0 Å². The molecule has 0 aliphatic heterocycles. The molecule has 1 rings (SSSR count). The Labute approximate surface area is 96.3 Å². The fourth-order valence-electron chi connectivity index (χ4n) is 1.63. The molecule has 1 aromatic rings. The molecule has 0 aliphatic carbocycles. The van der Waals surface area contributed by atoms with E-state index in [0.717, 1.165) is 12.0 Å². The van der Waals surface area contributed by atoms with E-state index in [1.807, 2.05) is 19.1 Å². The van der Waals surface area contributed by atoms with Crippen molar-refractivity contribution in [1.82, 2.24) is 0 Å². The van der Waals surface area contributed by atoms with Crippen molar-refractivity contribution in [1.29, 1.82) is 0 Å². The predicted molar refractivity (Wildman–Crippen MR) is 63.5 cm³/mol. The van der Waals surface area contributed by atoms with Crippen molar-refractivity contribution < 1.29 is 14.2 Å². The van der Waals surface area contributed by atoms with E-state index >= 15 is 0 Å². The van der Waals surface area contributed by atoms with Crippen molar-refractivity contribution in [3.63, 3.8) is 0 Å². The van der Waals surface area contributed by atoms with Gasteiger partial charge in [0.1, 0.15) is 0 Å². The minimum atomic E-state index is 0.0998. The number of rotatable bonds is 5. The summed E-state index contributed by atoms with van der Waals surface area (Å²) < 4.78 is 15.7. The molecule has 0 bridgehead atoms. The van der Waals surface area contributed by atoms with Crippen LogP contribution in [0.5, 0.6) is 17.2 Å². The summed E-state index contributed by atoms with van der Waals surface area (Å²) in [7, 11) is 4.80. The molecule has 4 heteroatoms. The van der Waals surface area contributed by atoms with Gasteiger partial charge in [-0.1, -0.05) is 0 Å². The number of ether oxygens (including phenoxy) is 3. The van der Waals surface area contributed by atoms with Crippen molar-refractivity contribution in [2.45, 2.75) is 19.4 Å². The van der Waals surface area contributed by atoms with Crippen LogP contribution in [0.15, 0.2) is 12.1 Å². The lowest BCUT2D eigenvalue weighted by atomic mass is 10.1. The van der Waals surface area contributed by atoms with Crippen LogP contribution in [0.25, 0.3) is 0 Å². The minimum absolute atomic E-state index is 0.0998. The molecule has 0 heterocycles. The highest BCUT2D eigenvalue weighted by Gasteiger charge is 2.13. The SMILES string of the molecule is COc1cc(CC(C)N)[13cH]c(OC)c1OC. The van der Waals surface area contributed by atoms with Gasteiger partial charge in [0, 0.05) is 6.04 Å². The summed E-state index contributed by atoms with van der Waals surface area (Å²) in [6, 6.07) is 3.94. The van der Waals surface area contributed by atoms with Crippen LogP contribution >= 0.6 is 0 Å². The third kappa shape index (κ3) is 2.79. The minimum Gasteiger partial charge on any atom is -0.493 e. The summed E-state index contributed by atoms with van der Waals surface area (Å²) in [5.41, 5.74) is 6.84. The molecule has 16 heavy (non-hydrogen) atoms. The normalized spacial score (nSPS) is 12.1. The molecule has 1 unspecified atom stereocenters. The van der Waals surface area contributed by atoms with Crippen LogP contribution in [0.2, 0.25) is 0 Å². The Kier molecular flexibility index (Phi) is 4.43. The summed E-state index contributed by atoms with van der Waals surface area (Å²) in [6.07, 6.45) is 0.775. The maximum Gasteiger partial charge on any atom is 0.203 e. The maximum absolute atomic E-state index is 5.77. The second-order valence-electron chi connectivity index (χ2n) is 3.71. The maximum atomic E-state index is 5.77. The van der Waals surface area contributed by atoms with Gasteiger partial charge in [-0.15, -0.1) is 0 Å². The molecule has 0 saturated heterocycles. The van der Waals surface area contributed by atoms with E-state index in [0.29, 0.717) is 17.2 Å². The quantitative estimate of drug-likeness (QED) is 0.828. The summed E-state index contributed by atoms with van der Waals surface area (Å²) in [5, 5.41) is 0. The summed E-state index contributed by atoms with van der Waals surface area (Å²) in [4.78, 5) is 0. The highest BCUT2D eigenvalue weighted by Crippen LogP contribution is 2.38. The monoisotopic (exact) mass is 226 g/mol. The molecule has 0 amide bonds. The first-order valence-electron chi connectivity index (χ1n) is 5.16. The average Bonchev–Trinajstić information content (AvgIpc) is 2.26. The number of methoxy groups -OCH3 is 3. The zero-order valence-electron chi connectivity index (χ0n) is 10.2. The van der Waals surface area contributed by atoms with E-state index in [1.165, 1.54) is 0 Å². The molecule has 1 atom stereocenters. The van der Waals surface area contributed by atoms with E-state index in [1.54, 1.807) is 21.3 Å². The largest absolute Gasteiger partial charge is 0.493 e. The van der Waals surface area contributed by atoms with Crippen LogP contribution in [0.3, 0.4) is 0 Å². The van der Waals surface area contributed by atoms with Crippen LogP contribution in [-0.2, 0) is 6.42 Å². The molecule has 0 aromatic heterocycles. The smallest absolute Gasteiger partial charge is 0.203 e. The third-order valence-electron chi connectivity index (χ3n) is 2.28. The molecule has 2 N–H and O–H groups in total. The van der Waals surface area contributed by atoms with Crippen molar-refractivity contribution >= 4 is 0 Å². The Morgan fingerprint density at radius 2 is 1.56 bits per heavy atom. The van der Waals surface area contributed by atoms with E-state index in [-0.39, 0.29) is 6.04 Å².